The Morgan fingerprint density at radius 2 is 1.97 bits per heavy atom. The van der Waals surface area contributed by atoms with Crippen molar-refractivity contribution >= 4 is 28.4 Å². The summed E-state index contributed by atoms with van der Waals surface area (Å²) in [5.41, 5.74) is 4.08. The van der Waals surface area contributed by atoms with Crippen molar-refractivity contribution in [2.24, 2.45) is 5.92 Å². The van der Waals surface area contributed by atoms with Crippen LogP contribution in [0.1, 0.15) is 61.3 Å². The van der Waals surface area contributed by atoms with E-state index in [1.54, 1.807) is 0 Å². The van der Waals surface area contributed by atoms with E-state index in [1.807, 2.05) is 57.2 Å². The maximum atomic E-state index is 13.0. The molecule has 2 aliphatic rings. The molecule has 33 heavy (non-hydrogen) atoms. The topological polar surface area (TPSA) is 92.5 Å². The fourth-order valence-electron chi connectivity index (χ4n) is 4.33. The number of carbonyl (C=O) groups is 2. The maximum absolute atomic E-state index is 13.0. The zero-order valence-electron chi connectivity index (χ0n) is 19.2. The van der Waals surface area contributed by atoms with Crippen molar-refractivity contribution in [1.82, 2.24) is 10.3 Å². The normalized spacial score (nSPS) is 17.8. The number of hydrogen-bond donors (Lipinski definition) is 3. The quantitative estimate of drug-likeness (QED) is 0.488. The predicted octanol–water partition coefficient (Wildman–Crippen LogP) is 4.73. The van der Waals surface area contributed by atoms with E-state index in [0.29, 0.717) is 12.3 Å². The number of aromatic amines is 1. The van der Waals surface area contributed by atoms with E-state index < -0.39 is 0 Å². The summed E-state index contributed by atoms with van der Waals surface area (Å²) >= 11 is 0. The van der Waals surface area contributed by atoms with Gasteiger partial charge < -0.3 is 25.1 Å². The summed E-state index contributed by atoms with van der Waals surface area (Å²) in [5, 5.41) is 6.83. The van der Waals surface area contributed by atoms with Gasteiger partial charge in [0.05, 0.1) is 18.2 Å². The van der Waals surface area contributed by atoms with Crippen molar-refractivity contribution < 1.29 is 19.1 Å². The van der Waals surface area contributed by atoms with Crippen LogP contribution in [0.15, 0.2) is 36.4 Å². The number of anilines is 1. The zero-order chi connectivity index (χ0) is 23.1. The lowest BCUT2D eigenvalue weighted by molar-refractivity contribution is -0.117. The molecule has 5 rings (SSSR count). The molecule has 2 heterocycles. The molecule has 3 aromatic rings. The molecule has 1 aliphatic heterocycles. The number of H-pyrrole nitrogens is 1. The van der Waals surface area contributed by atoms with Gasteiger partial charge in [-0.2, -0.15) is 0 Å². The summed E-state index contributed by atoms with van der Waals surface area (Å²) < 4.78 is 11.8. The van der Waals surface area contributed by atoms with Crippen LogP contribution in [0.2, 0.25) is 0 Å². The Morgan fingerprint density at radius 1 is 1.21 bits per heavy atom. The summed E-state index contributed by atoms with van der Waals surface area (Å²) in [6.07, 6.45) is 2.86. The lowest BCUT2D eigenvalue weighted by Gasteiger charge is -2.14. The Balaban J connectivity index is 1.33. The number of benzene rings is 2. The second-order valence-corrected chi connectivity index (χ2v) is 8.98. The Morgan fingerprint density at radius 3 is 2.67 bits per heavy atom. The standard InChI is InChI=1S/C26H29N3O4/c1-4-32-22-12-18-11-14(2)33-24(18)23-20(22)13-21(29-23)26(31)27-15(3)16-7-9-19(10-8-16)28-25(30)17-5-6-17/h7-10,12-15,17,29H,4-6,11H2,1-3H3,(H,27,31)(H,28,30)/t14-,15-/m1/s1. The Kier molecular flexibility index (Phi) is 5.48. The van der Waals surface area contributed by atoms with Crippen molar-refractivity contribution in [2.45, 2.75) is 52.2 Å². The molecule has 7 heteroatoms. The van der Waals surface area contributed by atoms with E-state index in [2.05, 4.69) is 15.6 Å². The van der Waals surface area contributed by atoms with Crippen LogP contribution in [-0.2, 0) is 11.2 Å². The minimum Gasteiger partial charge on any atom is -0.493 e. The van der Waals surface area contributed by atoms with Crippen LogP contribution in [0, 0.1) is 5.92 Å². The molecule has 0 radical (unpaired) electrons. The third kappa shape index (κ3) is 4.27. The monoisotopic (exact) mass is 447 g/mol. The highest BCUT2D eigenvalue weighted by Gasteiger charge is 2.29. The first-order valence-electron chi connectivity index (χ1n) is 11.6. The van der Waals surface area contributed by atoms with Crippen molar-refractivity contribution in [1.29, 1.82) is 0 Å². The third-order valence-electron chi connectivity index (χ3n) is 6.25. The first kappa shape index (κ1) is 21.4. The minimum absolute atomic E-state index is 0.0826. The third-order valence-corrected chi connectivity index (χ3v) is 6.25. The van der Waals surface area contributed by atoms with Gasteiger partial charge in [-0.15, -0.1) is 0 Å². The molecule has 0 saturated heterocycles. The van der Waals surface area contributed by atoms with E-state index in [0.717, 1.165) is 58.5 Å². The maximum Gasteiger partial charge on any atom is 0.268 e. The molecular formula is C26H29N3O4. The molecular weight excluding hydrogens is 418 g/mol. The number of aromatic nitrogens is 1. The van der Waals surface area contributed by atoms with Crippen molar-refractivity contribution in [2.75, 3.05) is 11.9 Å². The van der Waals surface area contributed by atoms with Gasteiger partial charge in [0.1, 0.15) is 23.3 Å². The Hall–Kier alpha value is -3.48. The summed E-state index contributed by atoms with van der Waals surface area (Å²) in [6, 6.07) is 11.2. The van der Waals surface area contributed by atoms with Crippen LogP contribution in [0.3, 0.4) is 0 Å². The van der Waals surface area contributed by atoms with Gasteiger partial charge in [0.2, 0.25) is 5.91 Å². The van der Waals surface area contributed by atoms with E-state index in [1.165, 1.54) is 0 Å². The smallest absolute Gasteiger partial charge is 0.268 e. The molecule has 2 atom stereocenters. The number of nitrogens with one attached hydrogen (secondary N) is 3. The van der Waals surface area contributed by atoms with Gasteiger partial charge in [-0.3, -0.25) is 9.59 Å². The molecule has 7 nitrogen and oxygen atoms in total. The van der Waals surface area contributed by atoms with Gasteiger partial charge in [0.25, 0.3) is 5.91 Å². The average molecular weight is 448 g/mol. The number of rotatable bonds is 7. The first-order valence-corrected chi connectivity index (χ1v) is 11.6. The predicted molar refractivity (Wildman–Crippen MR) is 127 cm³/mol. The van der Waals surface area contributed by atoms with Crippen LogP contribution >= 0.6 is 0 Å². The van der Waals surface area contributed by atoms with Gasteiger partial charge in [-0.25, -0.2) is 0 Å². The van der Waals surface area contributed by atoms with E-state index in [9.17, 15) is 9.59 Å². The highest BCUT2D eigenvalue weighted by Crippen LogP contribution is 2.41. The van der Waals surface area contributed by atoms with Crippen molar-refractivity contribution in [3.63, 3.8) is 0 Å². The Labute approximate surface area is 192 Å². The van der Waals surface area contributed by atoms with Gasteiger partial charge in [0.15, 0.2) is 0 Å². The number of hydrogen-bond acceptors (Lipinski definition) is 4. The lowest BCUT2D eigenvalue weighted by atomic mass is 10.1. The summed E-state index contributed by atoms with van der Waals surface area (Å²) in [4.78, 5) is 28.2. The molecule has 2 aromatic carbocycles. The van der Waals surface area contributed by atoms with Crippen LogP contribution in [0.25, 0.3) is 10.9 Å². The number of carbonyl (C=O) groups excluding carboxylic acids is 2. The molecule has 1 aliphatic carbocycles. The van der Waals surface area contributed by atoms with E-state index in [-0.39, 0.29) is 29.9 Å². The van der Waals surface area contributed by atoms with E-state index >= 15 is 0 Å². The lowest BCUT2D eigenvalue weighted by Crippen LogP contribution is -2.26. The van der Waals surface area contributed by atoms with Crippen molar-refractivity contribution in [3.05, 3.63) is 53.2 Å². The first-order chi connectivity index (χ1) is 15.9. The van der Waals surface area contributed by atoms with Crippen LogP contribution in [0.5, 0.6) is 11.5 Å². The van der Waals surface area contributed by atoms with Crippen LogP contribution < -0.4 is 20.1 Å². The second-order valence-electron chi connectivity index (χ2n) is 8.98. The summed E-state index contributed by atoms with van der Waals surface area (Å²) in [6.45, 7) is 6.47. The van der Waals surface area contributed by atoms with E-state index in [4.69, 9.17) is 9.47 Å². The average Bonchev–Trinajstić information content (AvgIpc) is 3.43. The van der Waals surface area contributed by atoms with Crippen LogP contribution in [0.4, 0.5) is 5.69 Å². The molecule has 1 fully saturated rings. The second kappa shape index (κ2) is 8.46. The number of ether oxygens (including phenoxy) is 2. The van der Waals surface area contributed by atoms with Gasteiger partial charge in [-0.1, -0.05) is 12.1 Å². The zero-order valence-corrected chi connectivity index (χ0v) is 19.2. The molecule has 172 valence electrons. The molecule has 0 bridgehead atoms. The fourth-order valence-corrected chi connectivity index (χ4v) is 4.33. The highest BCUT2D eigenvalue weighted by atomic mass is 16.5. The Bertz CT molecular complexity index is 1210. The molecule has 2 amide bonds. The van der Waals surface area contributed by atoms with Crippen molar-refractivity contribution in [3.8, 4) is 11.5 Å². The molecule has 0 unspecified atom stereocenters. The van der Waals surface area contributed by atoms with Gasteiger partial charge >= 0.3 is 0 Å². The van der Waals surface area contributed by atoms with Gasteiger partial charge in [0, 0.05) is 29.0 Å². The molecule has 1 aromatic heterocycles. The summed E-state index contributed by atoms with van der Waals surface area (Å²) in [7, 11) is 0. The minimum atomic E-state index is -0.203. The summed E-state index contributed by atoms with van der Waals surface area (Å²) in [5.74, 6) is 1.61. The molecule has 3 N–H and O–H groups in total. The number of fused-ring (bicyclic) bond motifs is 3. The molecule has 1 saturated carbocycles. The number of amides is 2. The fraction of sp³-hybridized carbons (Fsp3) is 0.385. The molecule has 0 spiro atoms. The largest absolute Gasteiger partial charge is 0.493 e. The van der Waals surface area contributed by atoms with Gasteiger partial charge in [-0.05, 0) is 63.4 Å². The highest BCUT2D eigenvalue weighted by molar-refractivity contribution is 6.02. The SMILES string of the molecule is CCOc1cc2c(c3[nH]c(C(=O)N[C@H](C)c4ccc(NC(=O)C5CC5)cc4)cc13)O[C@H](C)C2. The van der Waals surface area contributed by atoms with Crippen LogP contribution in [-0.4, -0.2) is 29.5 Å².